The molecule has 3 aromatic rings. The molecule has 7 heteroatoms. The molecule has 2 aliphatic rings. The Labute approximate surface area is 173 Å². The van der Waals surface area contributed by atoms with E-state index in [2.05, 4.69) is 16.2 Å². The summed E-state index contributed by atoms with van der Waals surface area (Å²) >= 11 is 6.07. The smallest absolute Gasteiger partial charge is 0.258 e. The monoisotopic (exact) mass is 409 g/mol. The minimum atomic E-state index is -0.183. The summed E-state index contributed by atoms with van der Waals surface area (Å²) in [7, 11) is 0. The van der Waals surface area contributed by atoms with Crippen LogP contribution in [0.15, 0.2) is 47.0 Å². The molecule has 1 spiro atoms. The van der Waals surface area contributed by atoms with Crippen LogP contribution in [-0.2, 0) is 16.6 Å². The van der Waals surface area contributed by atoms with Crippen LogP contribution in [-0.4, -0.2) is 45.8 Å². The Kier molecular flexibility index (Phi) is 4.41. The quantitative estimate of drug-likeness (QED) is 0.713. The average Bonchev–Trinajstić information content (AvgIpc) is 3.41. The lowest BCUT2D eigenvalue weighted by atomic mass is 9.80. The number of aliphatic hydroxyl groups is 1. The lowest BCUT2D eigenvalue weighted by Gasteiger charge is -2.24. The summed E-state index contributed by atoms with van der Waals surface area (Å²) in [6.45, 7) is 1.04. The van der Waals surface area contributed by atoms with Gasteiger partial charge in [-0.3, -0.25) is 4.79 Å². The lowest BCUT2D eigenvalue weighted by molar-refractivity contribution is -0.128. The van der Waals surface area contributed by atoms with Crippen molar-refractivity contribution in [1.29, 1.82) is 0 Å². The number of hydrogen-bond acceptors (Lipinski definition) is 5. The molecule has 29 heavy (non-hydrogen) atoms. The predicted molar refractivity (Wildman–Crippen MR) is 108 cm³/mol. The summed E-state index contributed by atoms with van der Waals surface area (Å²) < 4.78 is 5.49. The summed E-state index contributed by atoms with van der Waals surface area (Å²) in [5, 5.41) is 14.1. The Bertz CT molecular complexity index is 1100. The normalized spacial score (nSPS) is 20.6. The topological polar surface area (TPSA) is 79.5 Å². The largest absolute Gasteiger partial charge is 0.395 e. The average molecular weight is 410 g/mol. The van der Waals surface area contributed by atoms with Crippen LogP contribution >= 0.6 is 11.6 Å². The van der Waals surface area contributed by atoms with Gasteiger partial charge in [0, 0.05) is 41.1 Å². The van der Waals surface area contributed by atoms with Gasteiger partial charge in [-0.15, -0.1) is 0 Å². The van der Waals surface area contributed by atoms with Crippen LogP contribution in [0.1, 0.15) is 24.0 Å². The van der Waals surface area contributed by atoms with Crippen molar-refractivity contribution in [1.82, 2.24) is 15.0 Å². The molecular weight excluding hydrogens is 390 g/mol. The lowest BCUT2D eigenvalue weighted by Crippen LogP contribution is -2.32. The fraction of sp³-hybridized carbons (Fsp3) is 0.318. The number of likely N-dealkylation sites (tertiary alicyclic amines) is 1. The highest BCUT2D eigenvalue weighted by Crippen LogP contribution is 2.48. The molecule has 1 aromatic heterocycles. The zero-order chi connectivity index (χ0) is 20.0. The molecule has 0 radical (unpaired) electrons. The third-order valence-corrected chi connectivity index (χ3v) is 6.28. The first-order chi connectivity index (χ1) is 14.1. The van der Waals surface area contributed by atoms with E-state index in [0.717, 1.165) is 24.0 Å². The first-order valence-electron chi connectivity index (χ1n) is 9.71. The van der Waals surface area contributed by atoms with E-state index in [1.807, 2.05) is 24.3 Å². The number of β-amino-alcohol motifs (C(OH)–C–C–N with tert-alkyl or cyclic N) is 1. The van der Waals surface area contributed by atoms with Crippen molar-refractivity contribution in [2.75, 3.05) is 19.7 Å². The Morgan fingerprint density at radius 3 is 2.93 bits per heavy atom. The molecule has 0 saturated carbocycles. The zero-order valence-electron chi connectivity index (χ0n) is 15.8. The summed E-state index contributed by atoms with van der Waals surface area (Å²) in [5.41, 5.74) is 3.92. The van der Waals surface area contributed by atoms with Gasteiger partial charge < -0.3 is 14.5 Å². The molecule has 1 unspecified atom stereocenters. The Balaban J connectivity index is 1.51. The van der Waals surface area contributed by atoms with E-state index in [9.17, 15) is 9.90 Å². The maximum Gasteiger partial charge on any atom is 0.258 e. The number of aliphatic hydroxyl groups excluding tert-OH is 1. The number of halogens is 1. The first kappa shape index (κ1) is 18.3. The van der Waals surface area contributed by atoms with Gasteiger partial charge in [0.05, 0.1) is 6.61 Å². The van der Waals surface area contributed by atoms with Crippen molar-refractivity contribution >= 4 is 17.5 Å². The summed E-state index contributed by atoms with van der Waals surface area (Å²) in [6, 6.07) is 13.4. The number of benzene rings is 2. The minimum Gasteiger partial charge on any atom is -0.395 e. The molecule has 5 rings (SSSR count). The second-order valence-corrected chi connectivity index (χ2v) is 8.20. The van der Waals surface area contributed by atoms with E-state index in [0.29, 0.717) is 36.2 Å². The third kappa shape index (κ3) is 3.03. The van der Waals surface area contributed by atoms with Crippen molar-refractivity contribution in [3.05, 3.63) is 58.6 Å². The van der Waals surface area contributed by atoms with Gasteiger partial charge in [0.1, 0.15) is 0 Å². The molecule has 1 N–H and O–H groups in total. The number of amides is 1. The Hall–Kier alpha value is -2.70. The van der Waals surface area contributed by atoms with Crippen molar-refractivity contribution < 1.29 is 14.4 Å². The van der Waals surface area contributed by atoms with Gasteiger partial charge in [-0.1, -0.05) is 41.0 Å². The van der Waals surface area contributed by atoms with Crippen LogP contribution in [0.3, 0.4) is 0 Å². The first-order valence-corrected chi connectivity index (χ1v) is 10.1. The molecule has 1 amide bonds. The highest BCUT2D eigenvalue weighted by atomic mass is 35.5. The van der Waals surface area contributed by atoms with E-state index in [-0.39, 0.29) is 17.9 Å². The summed E-state index contributed by atoms with van der Waals surface area (Å²) in [5.74, 6) is 1.09. The van der Waals surface area contributed by atoms with E-state index >= 15 is 0 Å². The number of carbonyl (C=O) groups excluding carboxylic acids is 1. The molecule has 1 fully saturated rings. The van der Waals surface area contributed by atoms with Gasteiger partial charge in [0.25, 0.3) is 5.89 Å². The van der Waals surface area contributed by atoms with Crippen LogP contribution in [0.25, 0.3) is 22.8 Å². The van der Waals surface area contributed by atoms with Gasteiger partial charge in [0.2, 0.25) is 11.7 Å². The molecule has 1 atom stereocenters. The highest BCUT2D eigenvalue weighted by molar-refractivity contribution is 6.30. The van der Waals surface area contributed by atoms with Crippen LogP contribution in [0.5, 0.6) is 0 Å². The second kappa shape index (κ2) is 6.97. The van der Waals surface area contributed by atoms with Gasteiger partial charge >= 0.3 is 0 Å². The van der Waals surface area contributed by atoms with E-state index in [1.54, 1.807) is 17.0 Å². The van der Waals surface area contributed by atoms with Gasteiger partial charge in [0.15, 0.2) is 0 Å². The Morgan fingerprint density at radius 2 is 2.10 bits per heavy atom. The van der Waals surface area contributed by atoms with Crippen molar-refractivity contribution in [2.45, 2.75) is 24.7 Å². The fourth-order valence-electron chi connectivity index (χ4n) is 4.72. The predicted octanol–water partition coefficient (Wildman–Crippen LogP) is 3.47. The number of carbonyl (C=O) groups is 1. The van der Waals surface area contributed by atoms with E-state index in [4.69, 9.17) is 16.1 Å². The maximum absolute atomic E-state index is 12.4. The second-order valence-electron chi connectivity index (χ2n) is 7.76. The standard InChI is InChI=1S/C22H20ClN3O3/c23-15-4-1-3-14(11-15)21-24-20(25-29-21)17-5-2-6-18-16(17)7-8-22(18)12-19(28)26(13-22)9-10-27/h1-6,11,27H,7-10,12-13H2. The minimum absolute atomic E-state index is 0.0101. The van der Waals surface area contributed by atoms with Crippen LogP contribution in [0, 0.1) is 0 Å². The molecule has 0 bridgehead atoms. The third-order valence-electron chi connectivity index (χ3n) is 6.05. The molecule has 6 nitrogen and oxygen atoms in total. The fourth-order valence-corrected chi connectivity index (χ4v) is 4.91. The van der Waals surface area contributed by atoms with Gasteiger partial charge in [-0.05, 0) is 42.2 Å². The molecular formula is C22H20ClN3O3. The van der Waals surface area contributed by atoms with Gasteiger partial charge in [-0.25, -0.2) is 0 Å². The Morgan fingerprint density at radius 1 is 1.24 bits per heavy atom. The van der Waals surface area contributed by atoms with Crippen LogP contribution in [0.4, 0.5) is 0 Å². The SMILES string of the molecule is O=C1CC2(CCc3c(-c4noc(-c5cccc(Cl)c5)n4)cccc32)CN1CCO. The number of fused-ring (bicyclic) bond motifs is 2. The highest BCUT2D eigenvalue weighted by Gasteiger charge is 2.48. The molecule has 1 saturated heterocycles. The number of nitrogens with zero attached hydrogens (tertiary/aromatic N) is 3. The van der Waals surface area contributed by atoms with E-state index in [1.165, 1.54) is 11.1 Å². The van der Waals surface area contributed by atoms with Crippen molar-refractivity contribution in [3.8, 4) is 22.8 Å². The molecule has 1 aliphatic carbocycles. The summed E-state index contributed by atoms with van der Waals surface area (Å²) in [6.07, 6.45) is 2.27. The van der Waals surface area contributed by atoms with E-state index < -0.39 is 0 Å². The molecule has 2 heterocycles. The van der Waals surface area contributed by atoms with Crippen LogP contribution in [0.2, 0.25) is 5.02 Å². The molecule has 1 aliphatic heterocycles. The zero-order valence-corrected chi connectivity index (χ0v) is 16.5. The molecule has 2 aromatic carbocycles. The number of rotatable bonds is 4. The molecule has 148 valence electrons. The number of hydrogen-bond donors (Lipinski definition) is 1. The maximum atomic E-state index is 12.4. The summed E-state index contributed by atoms with van der Waals surface area (Å²) in [4.78, 5) is 18.8. The van der Waals surface area contributed by atoms with Crippen molar-refractivity contribution in [2.24, 2.45) is 0 Å². The van der Waals surface area contributed by atoms with Crippen LogP contribution < -0.4 is 0 Å². The number of aromatic nitrogens is 2. The van der Waals surface area contributed by atoms with Crippen molar-refractivity contribution in [3.63, 3.8) is 0 Å². The van der Waals surface area contributed by atoms with Gasteiger partial charge in [-0.2, -0.15) is 4.98 Å².